The van der Waals surface area contributed by atoms with Gasteiger partial charge in [0.1, 0.15) is 12.1 Å². The highest BCUT2D eigenvalue weighted by atomic mass is 32.2. The number of rotatable bonds is 18. The van der Waals surface area contributed by atoms with Crippen molar-refractivity contribution in [1.82, 2.24) is 51.3 Å². The van der Waals surface area contributed by atoms with Gasteiger partial charge in [-0.1, -0.05) is 66.7 Å². The third kappa shape index (κ3) is 11.1. The Morgan fingerprint density at radius 3 is 2.05 bits per heavy atom. The molecule has 2 fully saturated rings. The Bertz CT molecular complexity index is 2010. The predicted octanol–water partition coefficient (Wildman–Crippen LogP) is 3.57. The van der Waals surface area contributed by atoms with E-state index >= 15 is 0 Å². The SMILES string of the molecule is CN[C@@H](C)C(=O)N[C@H](C(=O)N1CCC[C@H]1Cn1nnnc1Sc1ccccc1)[C@@H](C)OCc1ccc(-c2ccc([C@@H](NC(=O)[C@@H](C)NC)C(=O)N3CCCC3)cc2)cc1. The van der Waals surface area contributed by atoms with Crippen LogP contribution in [0.25, 0.3) is 11.1 Å². The number of nitrogens with one attached hydrogen (secondary N) is 4. The molecule has 0 saturated carbocycles. The fourth-order valence-corrected chi connectivity index (χ4v) is 8.05. The lowest BCUT2D eigenvalue weighted by Crippen LogP contribution is -2.58. The van der Waals surface area contributed by atoms with Crippen molar-refractivity contribution in [2.45, 2.75) is 106 Å². The molecule has 15 nitrogen and oxygen atoms in total. The lowest BCUT2D eigenvalue weighted by molar-refractivity contribution is -0.142. The van der Waals surface area contributed by atoms with Gasteiger partial charge in [-0.05, 0) is 117 Å². The van der Waals surface area contributed by atoms with Crippen LogP contribution in [0.15, 0.2) is 88.9 Å². The van der Waals surface area contributed by atoms with Crippen LogP contribution in [-0.4, -0.2) is 118 Å². The number of hydrogen-bond acceptors (Lipinski definition) is 11. The molecule has 2 saturated heterocycles. The maximum Gasteiger partial charge on any atom is 0.249 e. The molecule has 0 bridgehead atoms. The van der Waals surface area contributed by atoms with Crippen LogP contribution < -0.4 is 21.3 Å². The Kier molecular flexibility index (Phi) is 15.2. The minimum atomic E-state index is -0.920. The first-order valence-corrected chi connectivity index (χ1v) is 21.2. The molecule has 1 aromatic heterocycles. The number of nitrogens with zero attached hydrogens (tertiary/aromatic N) is 6. The highest BCUT2D eigenvalue weighted by Gasteiger charge is 2.38. The van der Waals surface area contributed by atoms with E-state index in [1.165, 1.54) is 11.8 Å². The first kappa shape index (κ1) is 43.4. The largest absolute Gasteiger partial charge is 0.371 e. The standard InChI is InChI=1S/C43H56N10O5S/c1-28(44-4)39(54)46-37(42(57)52-25-11-12-35(52)26-53-43(48-49-50-53)59-36-13-7-6-8-14-36)30(3)58-27-31-15-17-32(18-16-31)33-19-21-34(22-20-33)38(47-40(55)29(2)45-5)41(56)51-23-9-10-24-51/h6-8,13-22,28-30,35,37-38,44-45H,9-12,23-27H2,1-5H3,(H,46,54)(H,47,55)/t28-,29+,30+,35-,37-,38+/m0/s1. The summed E-state index contributed by atoms with van der Waals surface area (Å²) in [6, 6.07) is 22.7. The lowest BCUT2D eigenvalue weighted by atomic mass is 9.99. The van der Waals surface area contributed by atoms with Crippen molar-refractivity contribution in [3.63, 3.8) is 0 Å². The van der Waals surface area contributed by atoms with Gasteiger partial charge in [0.25, 0.3) is 0 Å². The van der Waals surface area contributed by atoms with E-state index in [0.29, 0.717) is 31.3 Å². The van der Waals surface area contributed by atoms with Gasteiger partial charge in [0, 0.05) is 24.5 Å². The molecule has 3 aromatic carbocycles. The van der Waals surface area contributed by atoms with Crippen LogP contribution in [0.5, 0.6) is 0 Å². The van der Waals surface area contributed by atoms with Crippen molar-refractivity contribution in [2.24, 2.45) is 0 Å². The Hall–Kier alpha value is -5.16. The second-order valence-electron chi connectivity index (χ2n) is 15.2. The van der Waals surface area contributed by atoms with E-state index in [-0.39, 0.29) is 36.3 Å². The Labute approximate surface area is 350 Å². The quantitative estimate of drug-likeness (QED) is 0.116. The molecular weight excluding hydrogens is 769 g/mol. The number of likely N-dealkylation sites (N-methyl/N-ethyl adjacent to an activating group) is 2. The summed E-state index contributed by atoms with van der Waals surface area (Å²) in [5, 5.41) is 24.8. The Morgan fingerprint density at radius 2 is 1.41 bits per heavy atom. The molecule has 0 spiro atoms. The molecule has 59 heavy (non-hydrogen) atoms. The molecule has 0 radical (unpaired) electrons. The Morgan fingerprint density at radius 1 is 0.780 bits per heavy atom. The summed E-state index contributed by atoms with van der Waals surface area (Å²) >= 11 is 1.46. The van der Waals surface area contributed by atoms with Crippen molar-refractivity contribution >= 4 is 35.4 Å². The number of amides is 4. The summed E-state index contributed by atoms with van der Waals surface area (Å²) in [4.78, 5) is 58.5. The fraction of sp³-hybridized carbons (Fsp3) is 0.465. The fourth-order valence-electron chi connectivity index (χ4n) is 7.25. The molecule has 4 aromatic rings. The highest BCUT2D eigenvalue weighted by Crippen LogP contribution is 2.28. The average molecular weight is 825 g/mol. The van der Waals surface area contributed by atoms with Gasteiger partial charge < -0.3 is 35.8 Å². The van der Waals surface area contributed by atoms with E-state index < -0.39 is 30.3 Å². The van der Waals surface area contributed by atoms with E-state index in [4.69, 9.17) is 4.74 Å². The lowest BCUT2D eigenvalue weighted by Gasteiger charge is -2.32. The number of aromatic nitrogens is 4. The summed E-state index contributed by atoms with van der Waals surface area (Å²) in [5.74, 6) is -0.833. The Balaban J connectivity index is 1.10. The average Bonchev–Trinajstić information content (AvgIpc) is 4.07. The van der Waals surface area contributed by atoms with Gasteiger partial charge in [-0.2, -0.15) is 0 Å². The summed E-state index contributed by atoms with van der Waals surface area (Å²) in [6.07, 6.45) is 2.88. The van der Waals surface area contributed by atoms with Crippen LogP contribution in [0.1, 0.15) is 63.6 Å². The van der Waals surface area contributed by atoms with Crippen LogP contribution in [-0.2, 0) is 37.1 Å². The van der Waals surface area contributed by atoms with Crippen molar-refractivity contribution < 1.29 is 23.9 Å². The van der Waals surface area contributed by atoms with Crippen LogP contribution in [0.4, 0.5) is 0 Å². The molecular formula is C43H56N10O5S. The zero-order chi connectivity index (χ0) is 41.9. The van der Waals surface area contributed by atoms with Crippen LogP contribution in [0.2, 0.25) is 0 Å². The summed E-state index contributed by atoms with van der Waals surface area (Å²) in [7, 11) is 3.41. The molecule has 3 heterocycles. The zero-order valence-corrected chi connectivity index (χ0v) is 35.3. The van der Waals surface area contributed by atoms with Gasteiger partial charge in [0.05, 0.1) is 37.4 Å². The minimum Gasteiger partial charge on any atom is -0.371 e. The minimum absolute atomic E-state index is 0.0950. The zero-order valence-electron chi connectivity index (χ0n) is 34.5. The monoisotopic (exact) mass is 824 g/mol. The molecule has 2 aliphatic heterocycles. The highest BCUT2D eigenvalue weighted by molar-refractivity contribution is 7.99. The molecule has 4 amide bonds. The van der Waals surface area contributed by atoms with E-state index in [1.807, 2.05) is 95.6 Å². The molecule has 314 valence electrons. The van der Waals surface area contributed by atoms with E-state index in [2.05, 4.69) is 36.8 Å². The molecule has 6 rings (SSSR count). The van der Waals surface area contributed by atoms with Crippen molar-refractivity contribution in [2.75, 3.05) is 33.7 Å². The molecule has 6 atom stereocenters. The predicted molar refractivity (Wildman–Crippen MR) is 225 cm³/mol. The van der Waals surface area contributed by atoms with E-state index in [1.54, 1.807) is 32.6 Å². The van der Waals surface area contributed by atoms with Crippen molar-refractivity contribution in [1.29, 1.82) is 0 Å². The summed E-state index contributed by atoms with van der Waals surface area (Å²) in [5.41, 5.74) is 3.55. The maximum atomic E-state index is 14.3. The summed E-state index contributed by atoms with van der Waals surface area (Å²) in [6.45, 7) is 7.91. The number of tetrazole rings is 1. The van der Waals surface area contributed by atoms with Gasteiger partial charge in [0.2, 0.25) is 28.8 Å². The number of ether oxygens (including phenoxy) is 1. The van der Waals surface area contributed by atoms with Gasteiger partial charge >= 0.3 is 0 Å². The number of carbonyl (C=O) groups is 4. The second-order valence-corrected chi connectivity index (χ2v) is 16.2. The van der Waals surface area contributed by atoms with Crippen molar-refractivity contribution in [3.8, 4) is 11.1 Å². The first-order valence-electron chi connectivity index (χ1n) is 20.4. The van der Waals surface area contributed by atoms with Crippen LogP contribution >= 0.6 is 11.8 Å². The normalized spacial score (nSPS) is 17.9. The van der Waals surface area contributed by atoms with Gasteiger partial charge in [-0.15, -0.1) is 5.10 Å². The van der Waals surface area contributed by atoms with Crippen LogP contribution in [0.3, 0.4) is 0 Å². The van der Waals surface area contributed by atoms with Gasteiger partial charge in [-0.25, -0.2) is 4.68 Å². The van der Waals surface area contributed by atoms with E-state index in [0.717, 1.165) is 52.8 Å². The third-order valence-electron chi connectivity index (χ3n) is 11.2. The number of likely N-dealkylation sites (tertiary alicyclic amines) is 2. The third-order valence-corrected chi connectivity index (χ3v) is 12.2. The number of hydrogen-bond donors (Lipinski definition) is 4. The molecule has 0 unspecified atom stereocenters. The van der Waals surface area contributed by atoms with Gasteiger partial charge in [0.15, 0.2) is 0 Å². The van der Waals surface area contributed by atoms with E-state index in [9.17, 15) is 19.2 Å². The van der Waals surface area contributed by atoms with Crippen LogP contribution in [0, 0.1) is 0 Å². The van der Waals surface area contributed by atoms with Crippen molar-refractivity contribution in [3.05, 3.63) is 90.0 Å². The molecule has 16 heteroatoms. The topological polar surface area (TPSA) is 176 Å². The van der Waals surface area contributed by atoms with Gasteiger partial charge in [-0.3, -0.25) is 19.2 Å². The number of benzene rings is 3. The molecule has 2 aliphatic rings. The second kappa shape index (κ2) is 20.7. The first-order chi connectivity index (χ1) is 28.6. The maximum absolute atomic E-state index is 14.3. The molecule has 4 N–H and O–H groups in total. The molecule has 0 aliphatic carbocycles. The smallest absolute Gasteiger partial charge is 0.249 e. The number of carbonyl (C=O) groups excluding carboxylic acids is 4. The summed E-state index contributed by atoms with van der Waals surface area (Å²) < 4.78 is 8.06.